The standard InChI is InChI=1S/C8H8ClNO3/c9-5-3-4(1-2-6(5)11)7(12)8(10)13/h1-3,7,11-12H,(H2,10,13). The van der Waals surface area contributed by atoms with E-state index in [2.05, 4.69) is 0 Å². The van der Waals surface area contributed by atoms with Crippen LogP contribution in [0.4, 0.5) is 0 Å². The number of phenolic OH excluding ortho intramolecular Hbond substituents is 1. The molecule has 1 unspecified atom stereocenters. The number of aliphatic hydroxyl groups excluding tert-OH is 1. The molecule has 0 spiro atoms. The fourth-order valence-corrected chi connectivity index (χ4v) is 1.05. The zero-order valence-electron chi connectivity index (χ0n) is 6.57. The van der Waals surface area contributed by atoms with Crippen LogP contribution in [0.15, 0.2) is 18.2 Å². The number of carbonyl (C=O) groups excluding carboxylic acids is 1. The van der Waals surface area contributed by atoms with Crippen LogP contribution in [0.3, 0.4) is 0 Å². The summed E-state index contributed by atoms with van der Waals surface area (Å²) in [6.07, 6.45) is -1.39. The molecule has 0 aliphatic heterocycles. The van der Waals surface area contributed by atoms with Gasteiger partial charge in [0.1, 0.15) is 5.75 Å². The monoisotopic (exact) mass is 201 g/mol. The quantitative estimate of drug-likeness (QED) is 0.654. The van der Waals surface area contributed by atoms with Crippen molar-refractivity contribution in [2.24, 2.45) is 5.73 Å². The lowest BCUT2D eigenvalue weighted by Gasteiger charge is -2.07. The van der Waals surface area contributed by atoms with Crippen LogP contribution in [-0.4, -0.2) is 16.1 Å². The Morgan fingerprint density at radius 3 is 2.62 bits per heavy atom. The Bertz CT molecular complexity index is 340. The number of carbonyl (C=O) groups is 1. The highest BCUT2D eigenvalue weighted by Crippen LogP contribution is 2.26. The van der Waals surface area contributed by atoms with Gasteiger partial charge in [-0.15, -0.1) is 0 Å². The SMILES string of the molecule is NC(=O)C(O)c1ccc(O)c(Cl)c1. The number of benzene rings is 1. The number of halogens is 1. The van der Waals surface area contributed by atoms with Crippen molar-refractivity contribution in [3.63, 3.8) is 0 Å². The molecule has 1 aromatic rings. The molecular formula is C8H8ClNO3. The molecule has 0 aromatic heterocycles. The van der Waals surface area contributed by atoms with Crippen molar-refractivity contribution in [3.8, 4) is 5.75 Å². The maximum atomic E-state index is 10.6. The van der Waals surface area contributed by atoms with Crippen LogP contribution < -0.4 is 5.73 Å². The molecule has 70 valence electrons. The average molecular weight is 202 g/mol. The highest BCUT2D eigenvalue weighted by molar-refractivity contribution is 6.32. The van der Waals surface area contributed by atoms with E-state index in [0.717, 1.165) is 0 Å². The first kappa shape index (κ1) is 9.83. The third-order valence-electron chi connectivity index (χ3n) is 1.56. The van der Waals surface area contributed by atoms with Crippen LogP contribution in [-0.2, 0) is 4.79 Å². The van der Waals surface area contributed by atoms with Gasteiger partial charge in [-0.25, -0.2) is 0 Å². The predicted octanol–water partition coefficient (Wildman–Crippen LogP) is 0.564. The van der Waals surface area contributed by atoms with E-state index in [4.69, 9.17) is 22.4 Å². The molecule has 13 heavy (non-hydrogen) atoms. The van der Waals surface area contributed by atoms with Crippen molar-refractivity contribution < 1.29 is 15.0 Å². The summed E-state index contributed by atoms with van der Waals surface area (Å²) >= 11 is 5.55. The van der Waals surface area contributed by atoms with Gasteiger partial charge in [0.2, 0.25) is 0 Å². The van der Waals surface area contributed by atoms with E-state index in [1.165, 1.54) is 18.2 Å². The van der Waals surface area contributed by atoms with Gasteiger partial charge in [0.15, 0.2) is 6.10 Å². The topological polar surface area (TPSA) is 83.6 Å². The maximum Gasteiger partial charge on any atom is 0.250 e. The Hall–Kier alpha value is -1.26. The molecule has 4 N–H and O–H groups in total. The summed E-state index contributed by atoms with van der Waals surface area (Å²) in [6, 6.07) is 3.94. The Balaban J connectivity index is 3.03. The van der Waals surface area contributed by atoms with Gasteiger partial charge in [-0.05, 0) is 17.7 Å². The second kappa shape index (κ2) is 3.64. The molecule has 0 saturated carbocycles. The zero-order valence-corrected chi connectivity index (χ0v) is 7.32. The van der Waals surface area contributed by atoms with Gasteiger partial charge in [0.05, 0.1) is 5.02 Å². The number of primary amides is 1. The number of aromatic hydroxyl groups is 1. The number of rotatable bonds is 2. The molecule has 0 aliphatic carbocycles. The van der Waals surface area contributed by atoms with Crippen molar-refractivity contribution in [2.75, 3.05) is 0 Å². The first-order valence-corrected chi connectivity index (χ1v) is 3.86. The first-order valence-electron chi connectivity index (χ1n) is 3.48. The molecule has 0 saturated heterocycles. The number of amides is 1. The van der Waals surface area contributed by atoms with Crippen LogP contribution in [0.1, 0.15) is 11.7 Å². The second-order valence-corrected chi connectivity index (χ2v) is 2.92. The van der Waals surface area contributed by atoms with Gasteiger partial charge in [0.25, 0.3) is 5.91 Å². The Kier molecular flexibility index (Phi) is 2.75. The van der Waals surface area contributed by atoms with Crippen LogP contribution in [0.25, 0.3) is 0 Å². The summed E-state index contributed by atoms with van der Waals surface area (Å²) in [5.41, 5.74) is 5.12. The van der Waals surface area contributed by atoms with E-state index in [9.17, 15) is 9.90 Å². The largest absolute Gasteiger partial charge is 0.506 e. The van der Waals surface area contributed by atoms with E-state index in [1.54, 1.807) is 0 Å². The van der Waals surface area contributed by atoms with Crippen LogP contribution in [0.2, 0.25) is 5.02 Å². The van der Waals surface area contributed by atoms with Crippen molar-refractivity contribution in [3.05, 3.63) is 28.8 Å². The summed E-state index contributed by atoms with van der Waals surface area (Å²) in [4.78, 5) is 10.6. The summed E-state index contributed by atoms with van der Waals surface area (Å²) in [5.74, 6) is -0.969. The minimum atomic E-state index is -1.39. The summed E-state index contributed by atoms with van der Waals surface area (Å²) in [6.45, 7) is 0. The summed E-state index contributed by atoms with van der Waals surface area (Å²) < 4.78 is 0. The fraction of sp³-hybridized carbons (Fsp3) is 0.125. The number of phenols is 1. The molecule has 5 heteroatoms. The molecule has 0 fully saturated rings. The lowest BCUT2D eigenvalue weighted by molar-refractivity contribution is -0.126. The lowest BCUT2D eigenvalue weighted by atomic mass is 10.1. The number of nitrogens with two attached hydrogens (primary N) is 1. The molecule has 0 bridgehead atoms. The van der Waals surface area contributed by atoms with Crippen molar-refractivity contribution >= 4 is 17.5 Å². The fourth-order valence-electron chi connectivity index (χ4n) is 0.857. The number of aliphatic hydroxyl groups is 1. The molecule has 0 heterocycles. The highest BCUT2D eigenvalue weighted by atomic mass is 35.5. The molecular weight excluding hydrogens is 194 g/mol. The van der Waals surface area contributed by atoms with Gasteiger partial charge in [0, 0.05) is 0 Å². The zero-order chi connectivity index (χ0) is 10.0. The minimum Gasteiger partial charge on any atom is -0.506 e. The second-order valence-electron chi connectivity index (χ2n) is 2.52. The Morgan fingerprint density at radius 1 is 1.54 bits per heavy atom. The van der Waals surface area contributed by atoms with Gasteiger partial charge in [-0.2, -0.15) is 0 Å². The molecule has 0 aliphatic rings. The van der Waals surface area contributed by atoms with Gasteiger partial charge < -0.3 is 15.9 Å². The van der Waals surface area contributed by atoms with Crippen molar-refractivity contribution in [1.82, 2.24) is 0 Å². The summed E-state index contributed by atoms with van der Waals surface area (Å²) in [7, 11) is 0. The molecule has 1 aromatic carbocycles. The summed E-state index contributed by atoms with van der Waals surface area (Å²) in [5, 5.41) is 18.3. The Labute approximate surface area is 79.6 Å². The normalized spacial score (nSPS) is 12.5. The van der Waals surface area contributed by atoms with E-state index in [-0.39, 0.29) is 16.3 Å². The highest BCUT2D eigenvalue weighted by Gasteiger charge is 2.14. The van der Waals surface area contributed by atoms with Crippen molar-refractivity contribution in [1.29, 1.82) is 0 Å². The third kappa shape index (κ3) is 2.11. The molecule has 1 atom stereocenters. The molecule has 1 rings (SSSR count). The third-order valence-corrected chi connectivity index (χ3v) is 1.86. The van der Waals surface area contributed by atoms with Crippen LogP contribution in [0, 0.1) is 0 Å². The molecule has 1 amide bonds. The molecule has 4 nitrogen and oxygen atoms in total. The Morgan fingerprint density at radius 2 is 2.15 bits per heavy atom. The molecule has 0 radical (unpaired) electrons. The average Bonchev–Trinajstić information content (AvgIpc) is 2.08. The van der Waals surface area contributed by atoms with Gasteiger partial charge in [-0.3, -0.25) is 4.79 Å². The van der Waals surface area contributed by atoms with E-state index in [0.29, 0.717) is 0 Å². The lowest BCUT2D eigenvalue weighted by Crippen LogP contribution is -2.20. The minimum absolute atomic E-state index is 0.0674. The maximum absolute atomic E-state index is 10.6. The number of hydrogen-bond donors (Lipinski definition) is 3. The van der Waals surface area contributed by atoms with Gasteiger partial charge >= 0.3 is 0 Å². The van der Waals surface area contributed by atoms with E-state index >= 15 is 0 Å². The first-order chi connectivity index (χ1) is 6.02. The van der Waals surface area contributed by atoms with Crippen LogP contribution in [0.5, 0.6) is 5.75 Å². The van der Waals surface area contributed by atoms with E-state index < -0.39 is 12.0 Å². The smallest absolute Gasteiger partial charge is 0.250 e. The van der Waals surface area contributed by atoms with Gasteiger partial charge in [-0.1, -0.05) is 17.7 Å². The number of hydrogen-bond acceptors (Lipinski definition) is 3. The van der Waals surface area contributed by atoms with Crippen molar-refractivity contribution in [2.45, 2.75) is 6.10 Å². The van der Waals surface area contributed by atoms with Crippen LogP contribution >= 0.6 is 11.6 Å². The predicted molar refractivity (Wildman–Crippen MR) is 47.3 cm³/mol. The van der Waals surface area contributed by atoms with E-state index in [1.807, 2.05) is 0 Å².